The van der Waals surface area contributed by atoms with Gasteiger partial charge in [0.25, 0.3) is 0 Å². The third-order valence-corrected chi connectivity index (χ3v) is 2.38. The molecule has 0 amide bonds. The molecule has 0 spiro atoms. The van der Waals surface area contributed by atoms with E-state index < -0.39 is 0 Å². The van der Waals surface area contributed by atoms with Crippen molar-refractivity contribution < 1.29 is 19.0 Å². The molecule has 0 radical (unpaired) electrons. The van der Waals surface area contributed by atoms with Crippen molar-refractivity contribution in [2.24, 2.45) is 0 Å². The minimum Gasteiger partial charge on any atom is -0.496 e. The summed E-state index contributed by atoms with van der Waals surface area (Å²) >= 11 is 0. The quantitative estimate of drug-likeness (QED) is 0.808. The summed E-state index contributed by atoms with van der Waals surface area (Å²) in [6.07, 6.45) is 0.979. The standard InChI is InChI=1S/C12H17FO3/c1-15-8-9-5-6-11(16-2)10(12(9)13)4-3-7-14/h5-6,14H,3-4,7-8H2,1-2H3. The van der Waals surface area contributed by atoms with E-state index in [-0.39, 0.29) is 19.0 Å². The monoisotopic (exact) mass is 228 g/mol. The normalized spacial score (nSPS) is 10.5. The van der Waals surface area contributed by atoms with Crippen molar-refractivity contribution in [2.75, 3.05) is 20.8 Å². The van der Waals surface area contributed by atoms with Crippen molar-refractivity contribution in [1.82, 2.24) is 0 Å². The lowest BCUT2D eigenvalue weighted by Crippen LogP contribution is -2.02. The summed E-state index contributed by atoms with van der Waals surface area (Å²) in [7, 11) is 3.03. The molecule has 0 unspecified atom stereocenters. The minimum atomic E-state index is -0.297. The molecule has 16 heavy (non-hydrogen) atoms. The maximum atomic E-state index is 14.0. The van der Waals surface area contributed by atoms with Gasteiger partial charge in [-0.05, 0) is 18.9 Å². The molecular weight excluding hydrogens is 211 g/mol. The first-order chi connectivity index (χ1) is 7.74. The fourth-order valence-corrected chi connectivity index (χ4v) is 1.60. The van der Waals surface area contributed by atoms with Crippen LogP contribution in [0.15, 0.2) is 12.1 Å². The van der Waals surface area contributed by atoms with Crippen LogP contribution in [0.3, 0.4) is 0 Å². The predicted octanol–water partition coefficient (Wildman–Crippen LogP) is 1.91. The summed E-state index contributed by atoms with van der Waals surface area (Å²) in [6, 6.07) is 3.38. The number of hydrogen-bond acceptors (Lipinski definition) is 3. The molecule has 0 heterocycles. The molecule has 0 bridgehead atoms. The Kier molecular flexibility index (Phi) is 5.22. The SMILES string of the molecule is COCc1ccc(OC)c(CCCO)c1F. The molecule has 0 saturated carbocycles. The molecule has 1 N–H and O–H groups in total. The molecular formula is C12H17FO3. The van der Waals surface area contributed by atoms with Crippen LogP contribution in [0.1, 0.15) is 17.5 Å². The topological polar surface area (TPSA) is 38.7 Å². The summed E-state index contributed by atoms with van der Waals surface area (Å²) in [5.74, 6) is 0.223. The lowest BCUT2D eigenvalue weighted by atomic mass is 10.0. The summed E-state index contributed by atoms with van der Waals surface area (Å²) < 4.78 is 24.0. The van der Waals surface area contributed by atoms with Crippen LogP contribution in [0.4, 0.5) is 4.39 Å². The van der Waals surface area contributed by atoms with Gasteiger partial charge in [0.15, 0.2) is 0 Å². The van der Waals surface area contributed by atoms with Gasteiger partial charge in [0.2, 0.25) is 0 Å². The zero-order valence-corrected chi connectivity index (χ0v) is 9.62. The van der Waals surface area contributed by atoms with Gasteiger partial charge in [-0.1, -0.05) is 6.07 Å². The zero-order valence-electron chi connectivity index (χ0n) is 9.62. The maximum absolute atomic E-state index is 14.0. The number of benzene rings is 1. The third kappa shape index (κ3) is 2.93. The molecule has 1 aromatic carbocycles. The second-order valence-corrected chi connectivity index (χ2v) is 3.48. The van der Waals surface area contributed by atoms with E-state index in [1.54, 1.807) is 12.1 Å². The smallest absolute Gasteiger partial charge is 0.135 e. The van der Waals surface area contributed by atoms with Gasteiger partial charge >= 0.3 is 0 Å². The first-order valence-electron chi connectivity index (χ1n) is 5.18. The molecule has 0 fully saturated rings. The van der Waals surface area contributed by atoms with Gasteiger partial charge in [0.1, 0.15) is 11.6 Å². The predicted molar refractivity (Wildman–Crippen MR) is 59.1 cm³/mol. The van der Waals surface area contributed by atoms with Gasteiger partial charge in [-0.15, -0.1) is 0 Å². The summed E-state index contributed by atoms with van der Waals surface area (Å²) in [5, 5.41) is 8.77. The highest BCUT2D eigenvalue weighted by atomic mass is 19.1. The Morgan fingerprint density at radius 1 is 1.31 bits per heavy atom. The number of aliphatic hydroxyl groups is 1. The molecule has 3 nitrogen and oxygen atoms in total. The molecule has 1 aromatic rings. The number of hydrogen-bond donors (Lipinski definition) is 1. The molecule has 0 aromatic heterocycles. The molecule has 90 valence electrons. The highest BCUT2D eigenvalue weighted by Gasteiger charge is 2.13. The van der Waals surface area contributed by atoms with Crippen LogP contribution in [0.25, 0.3) is 0 Å². The number of ether oxygens (including phenoxy) is 2. The van der Waals surface area contributed by atoms with Crippen LogP contribution in [-0.2, 0) is 17.8 Å². The fraction of sp³-hybridized carbons (Fsp3) is 0.500. The van der Waals surface area contributed by atoms with E-state index in [0.717, 1.165) is 0 Å². The first-order valence-corrected chi connectivity index (χ1v) is 5.18. The fourth-order valence-electron chi connectivity index (χ4n) is 1.60. The second-order valence-electron chi connectivity index (χ2n) is 3.48. The lowest BCUT2D eigenvalue weighted by molar-refractivity contribution is 0.181. The molecule has 0 aliphatic rings. The molecule has 0 atom stereocenters. The number of rotatable bonds is 6. The average molecular weight is 228 g/mol. The summed E-state index contributed by atoms with van der Waals surface area (Å²) in [5.41, 5.74) is 1.02. The zero-order chi connectivity index (χ0) is 12.0. The summed E-state index contributed by atoms with van der Waals surface area (Å²) in [6.45, 7) is 0.277. The number of aliphatic hydroxyl groups excluding tert-OH is 1. The molecule has 4 heteroatoms. The van der Waals surface area contributed by atoms with Gasteiger partial charge in [-0.3, -0.25) is 0 Å². The highest BCUT2D eigenvalue weighted by molar-refractivity contribution is 5.38. The Labute approximate surface area is 94.8 Å². The van der Waals surface area contributed by atoms with Gasteiger partial charge in [-0.2, -0.15) is 0 Å². The Morgan fingerprint density at radius 3 is 2.62 bits per heavy atom. The maximum Gasteiger partial charge on any atom is 0.135 e. The van der Waals surface area contributed by atoms with Crippen molar-refractivity contribution in [3.8, 4) is 5.75 Å². The lowest BCUT2D eigenvalue weighted by Gasteiger charge is -2.12. The molecule has 0 aliphatic heterocycles. The van der Waals surface area contributed by atoms with Gasteiger partial charge in [-0.25, -0.2) is 4.39 Å². The van der Waals surface area contributed by atoms with E-state index in [9.17, 15) is 4.39 Å². The molecule has 1 rings (SSSR count). The molecule has 0 saturated heterocycles. The van der Waals surface area contributed by atoms with E-state index in [1.807, 2.05) is 0 Å². The number of halogens is 1. The highest BCUT2D eigenvalue weighted by Crippen LogP contribution is 2.26. The Morgan fingerprint density at radius 2 is 2.06 bits per heavy atom. The summed E-state index contributed by atoms with van der Waals surface area (Å²) in [4.78, 5) is 0. The van der Waals surface area contributed by atoms with Crippen LogP contribution >= 0.6 is 0 Å². The van der Waals surface area contributed by atoms with Crippen molar-refractivity contribution in [3.63, 3.8) is 0 Å². The Bertz CT molecular complexity index is 339. The second kappa shape index (κ2) is 6.45. The largest absolute Gasteiger partial charge is 0.496 e. The van der Waals surface area contributed by atoms with E-state index in [1.165, 1.54) is 14.2 Å². The Hall–Kier alpha value is -1.13. The van der Waals surface area contributed by atoms with E-state index >= 15 is 0 Å². The van der Waals surface area contributed by atoms with Crippen molar-refractivity contribution in [2.45, 2.75) is 19.4 Å². The minimum absolute atomic E-state index is 0.0388. The average Bonchev–Trinajstić information content (AvgIpc) is 2.30. The van der Waals surface area contributed by atoms with Crippen molar-refractivity contribution >= 4 is 0 Å². The van der Waals surface area contributed by atoms with Gasteiger partial charge in [0.05, 0.1) is 13.7 Å². The third-order valence-electron chi connectivity index (χ3n) is 2.38. The van der Waals surface area contributed by atoms with Gasteiger partial charge < -0.3 is 14.6 Å². The van der Waals surface area contributed by atoms with E-state index in [2.05, 4.69) is 0 Å². The molecule has 0 aliphatic carbocycles. The van der Waals surface area contributed by atoms with Crippen molar-refractivity contribution in [1.29, 1.82) is 0 Å². The number of methoxy groups -OCH3 is 2. The first kappa shape index (κ1) is 12.9. The van der Waals surface area contributed by atoms with Crippen LogP contribution in [0.5, 0.6) is 5.75 Å². The van der Waals surface area contributed by atoms with Crippen LogP contribution in [0.2, 0.25) is 0 Å². The van der Waals surface area contributed by atoms with Crippen LogP contribution in [-0.4, -0.2) is 25.9 Å². The van der Waals surface area contributed by atoms with E-state index in [0.29, 0.717) is 29.7 Å². The van der Waals surface area contributed by atoms with Gasteiger partial charge in [0, 0.05) is 24.8 Å². The van der Waals surface area contributed by atoms with Crippen LogP contribution in [0, 0.1) is 5.82 Å². The Balaban J connectivity index is 3.02. The van der Waals surface area contributed by atoms with Crippen LogP contribution < -0.4 is 4.74 Å². The van der Waals surface area contributed by atoms with Crippen molar-refractivity contribution in [3.05, 3.63) is 29.1 Å². The van der Waals surface area contributed by atoms with E-state index in [4.69, 9.17) is 14.6 Å².